The highest BCUT2D eigenvalue weighted by Gasteiger charge is 2.41. The van der Waals surface area contributed by atoms with Gasteiger partial charge in [-0.1, -0.05) is 12.1 Å². The largest absolute Gasteiger partial charge is 0.392 e. The second-order valence-electron chi connectivity index (χ2n) is 4.70. The Hall–Kier alpha value is -1.39. The van der Waals surface area contributed by atoms with Crippen molar-refractivity contribution in [2.75, 3.05) is 5.06 Å². The van der Waals surface area contributed by atoms with E-state index in [1.807, 2.05) is 0 Å². The molecule has 1 unspecified atom stereocenters. The molecule has 0 radical (unpaired) electrons. The Morgan fingerprint density at radius 1 is 1.29 bits per heavy atom. The molecule has 1 heterocycles. The van der Waals surface area contributed by atoms with Gasteiger partial charge in [-0.25, -0.2) is 0 Å². The van der Waals surface area contributed by atoms with Gasteiger partial charge in [0.25, 0.3) is 5.91 Å². The molecule has 1 aromatic rings. The number of anilines is 1. The number of hydrogen-bond donors (Lipinski definition) is 1. The van der Waals surface area contributed by atoms with E-state index in [-0.39, 0.29) is 18.6 Å². The number of amides is 1. The van der Waals surface area contributed by atoms with Gasteiger partial charge in [0, 0.05) is 0 Å². The van der Waals surface area contributed by atoms with Gasteiger partial charge >= 0.3 is 0 Å². The van der Waals surface area contributed by atoms with Crippen LogP contribution in [0, 0.1) is 5.92 Å². The summed E-state index contributed by atoms with van der Waals surface area (Å²) in [5.41, 5.74) is 1.58. The van der Waals surface area contributed by atoms with Crippen LogP contribution in [0.1, 0.15) is 24.8 Å². The van der Waals surface area contributed by atoms with Gasteiger partial charge in [-0.05, 0) is 36.5 Å². The van der Waals surface area contributed by atoms with Crippen molar-refractivity contribution in [3.63, 3.8) is 0 Å². The number of hydrogen-bond acceptors (Lipinski definition) is 3. The van der Waals surface area contributed by atoms with Gasteiger partial charge in [-0.3, -0.25) is 9.63 Å². The summed E-state index contributed by atoms with van der Waals surface area (Å²) in [6.07, 6.45) is 2.91. The number of aliphatic hydroxyl groups excluding tert-OH is 1. The van der Waals surface area contributed by atoms with Gasteiger partial charge in [0.1, 0.15) is 0 Å². The fourth-order valence-corrected chi connectivity index (χ4v) is 2.15. The minimum absolute atomic E-state index is 0.0137. The third-order valence-corrected chi connectivity index (χ3v) is 3.34. The number of aliphatic hydroxyl groups is 1. The van der Waals surface area contributed by atoms with E-state index in [9.17, 15) is 4.79 Å². The van der Waals surface area contributed by atoms with Crippen LogP contribution in [-0.4, -0.2) is 17.1 Å². The maximum Gasteiger partial charge on any atom is 0.253 e. The maximum absolute atomic E-state index is 11.8. The molecule has 0 spiro atoms. The average molecular weight is 233 g/mol. The zero-order valence-electron chi connectivity index (χ0n) is 9.50. The smallest absolute Gasteiger partial charge is 0.253 e. The summed E-state index contributed by atoms with van der Waals surface area (Å²) in [6, 6.07) is 7.21. The van der Waals surface area contributed by atoms with Crippen LogP contribution in [0.25, 0.3) is 0 Å². The van der Waals surface area contributed by atoms with Crippen LogP contribution in [-0.2, 0) is 16.2 Å². The highest BCUT2D eigenvalue weighted by atomic mass is 16.7. The molecule has 1 N–H and O–H groups in total. The molecule has 90 valence electrons. The first-order valence-electron chi connectivity index (χ1n) is 5.97. The topological polar surface area (TPSA) is 49.8 Å². The Balaban J connectivity index is 1.76. The third kappa shape index (κ3) is 2.06. The van der Waals surface area contributed by atoms with Crippen molar-refractivity contribution in [1.82, 2.24) is 0 Å². The summed E-state index contributed by atoms with van der Waals surface area (Å²) in [5, 5.41) is 10.4. The minimum atomic E-state index is 0.0137. The van der Waals surface area contributed by atoms with Gasteiger partial charge < -0.3 is 5.11 Å². The molecule has 0 aromatic heterocycles. The predicted octanol–water partition coefficient (Wildman–Crippen LogP) is 1.63. The first kappa shape index (κ1) is 10.7. The van der Waals surface area contributed by atoms with E-state index < -0.39 is 0 Å². The van der Waals surface area contributed by atoms with E-state index in [2.05, 4.69) is 0 Å². The summed E-state index contributed by atoms with van der Waals surface area (Å²) in [6.45, 7) is 0.0137. The summed E-state index contributed by atoms with van der Waals surface area (Å²) >= 11 is 0. The number of rotatable bonds is 3. The Kier molecular flexibility index (Phi) is 2.61. The van der Waals surface area contributed by atoms with Crippen LogP contribution in [0.3, 0.4) is 0 Å². The zero-order chi connectivity index (χ0) is 11.8. The molecule has 1 saturated heterocycles. The van der Waals surface area contributed by atoms with E-state index in [1.54, 1.807) is 24.3 Å². The zero-order valence-corrected chi connectivity index (χ0v) is 9.50. The fraction of sp³-hybridized carbons (Fsp3) is 0.462. The monoisotopic (exact) mass is 233 g/mol. The fourth-order valence-electron chi connectivity index (χ4n) is 2.15. The van der Waals surface area contributed by atoms with Crippen LogP contribution in [0.15, 0.2) is 24.3 Å². The van der Waals surface area contributed by atoms with Crippen LogP contribution < -0.4 is 5.06 Å². The highest BCUT2D eigenvalue weighted by molar-refractivity contribution is 5.93. The molecule has 3 rings (SSSR count). The van der Waals surface area contributed by atoms with Crippen LogP contribution in [0.5, 0.6) is 0 Å². The first-order chi connectivity index (χ1) is 8.28. The van der Waals surface area contributed by atoms with Crippen LogP contribution >= 0.6 is 0 Å². The van der Waals surface area contributed by atoms with E-state index in [1.165, 1.54) is 17.9 Å². The standard InChI is InChI=1S/C13H15NO3/c15-8-9-1-5-11(6-2-9)14-13(16)7-12(17-14)10-3-4-10/h1-2,5-6,10,12,15H,3-4,7-8H2. The number of carbonyl (C=O) groups excluding carboxylic acids is 1. The lowest BCUT2D eigenvalue weighted by Gasteiger charge is -2.16. The van der Waals surface area contributed by atoms with Gasteiger partial charge in [0.05, 0.1) is 24.8 Å². The van der Waals surface area contributed by atoms with Gasteiger partial charge in [-0.2, -0.15) is 5.06 Å². The number of benzene rings is 1. The lowest BCUT2D eigenvalue weighted by Crippen LogP contribution is -2.23. The Labute approximate surface area is 99.8 Å². The third-order valence-electron chi connectivity index (χ3n) is 3.34. The first-order valence-corrected chi connectivity index (χ1v) is 5.97. The van der Waals surface area contributed by atoms with Crippen molar-refractivity contribution in [3.8, 4) is 0 Å². The Morgan fingerprint density at radius 3 is 2.59 bits per heavy atom. The maximum atomic E-state index is 11.8. The quantitative estimate of drug-likeness (QED) is 0.863. The number of hydroxylamine groups is 1. The summed E-state index contributed by atoms with van der Waals surface area (Å²) in [7, 11) is 0. The van der Waals surface area contributed by atoms with E-state index in [0.717, 1.165) is 11.3 Å². The Morgan fingerprint density at radius 2 is 2.00 bits per heavy atom. The molecule has 1 saturated carbocycles. The summed E-state index contributed by atoms with van der Waals surface area (Å²) in [4.78, 5) is 17.5. The minimum Gasteiger partial charge on any atom is -0.392 e. The molecular weight excluding hydrogens is 218 g/mol. The molecule has 1 aliphatic carbocycles. The predicted molar refractivity (Wildman–Crippen MR) is 62.1 cm³/mol. The van der Waals surface area contributed by atoms with Crippen LogP contribution in [0.4, 0.5) is 5.69 Å². The van der Waals surface area contributed by atoms with E-state index >= 15 is 0 Å². The number of nitrogens with zero attached hydrogens (tertiary/aromatic N) is 1. The summed E-state index contributed by atoms with van der Waals surface area (Å²) in [5.74, 6) is 0.597. The van der Waals surface area contributed by atoms with Gasteiger partial charge in [0.2, 0.25) is 0 Å². The van der Waals surface area contributed by atoms with Crippen molar-refractivity contribution < 1.29 is 14.7 Å². The highest BCUT2D eigenvalue weighted by Crippen LogP contribution is 2.40. The second kappa shape index (κ2) is 4.13. The average Bonchev–Trinajstić information content (AvgIpc) is 3.13. The van der Waals surface area contributed by atoms with Crippen molar-refractivity contribution in [3.05, 3.63) is 29.8 Å². The van der Waals surface area contributed by atoms with Crippen LogP contribution in [0.2, 0.25) is 0 Å². The molecule has 2 aliphatic rings. The molecule has 1 amide bonds. The van der Waals surface area contributed by atoms with E-state index in [4.69, 9.17) is 9.94 Å². The lowest BCUT2D eigenvalue weighted by atomic mass is 10.2. The molecular formula is C13H15NO3. The number of carbonyl (C=O) groups is 1. The molecule has 1 aliphatic heterocycles. The van der Waals surface area contributed by atoms with E-state index in [0.29, 0.717) is 12.3 Å². The molecule has 1 atom stereocenters. The Bertz CT molecular complexity index is 425. The van der Waals surface area contributed by atoms with Crippen molar-refractivity contribution in [1.29, 1.82) is 0 Å². The summed E-state index contributed by atoms with van der Waals surface area (Å²) < 4.78 is 0. The normalized spacial score (nSPS) is 24.4. The molecule has 2 fully saturated rings. The second-order valence-corrected chi connectivity index (χ2v) is 4.70. The van der Waals surface area contributed by atoms with Crippen molar-refractivity contribution in [2.45, 2.75) is 32.0 Å². The van der Waals surface area contributed by atoms with Gasteiger partial charge in [0.15, 0.2) is 0 Å². The van der Waals surface area contributed by atoms with Crippen molar-refractivity contribution in [2.24, 2.45) is 5.92 Å². The SMILES string of the molecule is O=C1CC(C2CC2)ON1c1ccc(CO)cc1. The van der Waals surface area contributed by atoms with Gasteiger partial charge in [-0.15, -0.1) is 0 Å². The molecule has 1 aromatic carbocycles. The molecule has 4 heteroatoms. The molecule has 0 bridgehead atoms. The lowest BCUT2D eigenvalue weighted by molar-refractivity contribution is -0.119. The molecule has 17 heavy (non-hydrogen) atoms. The molecule has 4 nitrogen and oxygen atoms in total. The van der Waals surface area contributed by atoms with Crippen molar-refractivity contribution >= 4 is 11.6 Å².